The van der Waals surface area contributed by atoms with Gasteiger partial charge in [0.25, 0.3) is 10.0 Å². The predicted molar refractivity (Wildman–Crippen MR) is 84.7 cm³/mol. The molecule has 0 amide bonds. The van der Waals surface area contributed by atoms with Crippen LogP contribution in [0.15, 0.2) is 53.4 Å². The van der Waals surface area contributed by atoms with E-state index in [1.54, 1.807) is 18.2 Å². The average molecular weight is 302 g/mol. The van der Waals surface area contributed by atoms with E-state index >= 15 is 0 Å². The maximum atomic E-state index is 12.9. The van der Waals surface area contributed by atoms with E-state index in [1.165, 1.54) is 10.4 Å². The van der Waals surface area contributed by atoms with Crippen molar-refractivity contribution in [3.63, 3.8) is 0 Å². The minimum absolute atomic E-state index is 0.242. The number of nitrogen functional groups attached to an aromatic ring is 1. The Balaban J connectivity index is 2.11. The Morgan fingerprint density at radius 3 is 2.67 bits per heavy atom. The van der Waals surface area contributed by atoms with Gasteiger partial charge in [0.2, 0.25) is 0 Å². The van der Waals surface area contributed by atoms with Crippen LogP contribution < -0.4 is 10.0 Å². The number of fused-ring (bicyclic) bond motifs is 1. The number of hydrogen-bond acceptors (Lipinski definition) is 3. The second-order valence-electron chi connectivity index (χ2n) is 5.55. The maximum Gasteiger partial charge on any atom is 0.264 e. The lowest BCUT2D eigenvalue weighted by atomic mass is 9.96. The molecule has 0 radical (unpaired) electrons. The zero-order chi connectivity index (χ0) is 15.0. The van der Waals surface area contributed by atoms with Gasteiger partial charge >= 0.3 is 0 Å². The Morgan fingerprint density at radius 2 is 1.90 bits per heavy atom. The molecule has 0 saturated heterocycles. The first-order valence-corrected chi connectivity index (χ1v) is 8.38. The van der Waals surface area contributed by atoms with Gasteiger partial charge in [-0.05, 0) is 42.2 Å². The minimum atomic E-state index is -3.58. The van der Waals surface area contributed by atoms with Gasteiger partial charge < -0.3 is 5.73 Å². The lowest BCUT2D eigenvalue weighted by Gasteiger charge is -2.33. The third kappa shape index (κ3) is 2.49. The molecule has 1 aliphatic rings. The van der Waals surface area contributed by atoms with Crippen LogP contribution >= 0.6 is 0 Å². The fourth-order valence-corrected chi connectivity index (χ4v) is 4.46. The van der Waals surface area contributed by atoms with E-state index in [2.05, 4.69) is 6.92 Å². The Hall–Kier alpha value is -2.01. The number of nitrogens with zero attached hydrogens (tertiary/aromatic N) is 1. The summed E-state index contributed by atoms with van der Waals surface area (Å²) in [5.41, 5.74) is 8.03. The summed E-state index contributed by atoms with van der Waals surface area (Å²) in [6.07, 6.45) is 0.902. The molecule has 2 aromatic rings. The van der Waals surface area contributed by atoms with Gasteiger partial charge in [-0.3, -0.25) is 4.31 Å². The van der Waals surface area contributed by atoms with Gasteiger partial charge in [-0.15, -0.1) is 0 Å². The van der Waals surface area contributed by atoms with E-state index in [4.69, 9.17) is 5.73 Å². The highest BCUT2D eigenvalue weighted by atomic mass is 32.2. The van der Waals surface area contributed by atoms with E-state index in [-0.39, 0.29) is 10.8 Å². The minimum Gasteiger partial charge on any atom is -0.399 e. The molecule has 1 aliphatic heterocycles. The van der Waals surface area contributed by atoms with Crippen molar-refractivity contribution >= 4 is 21.4 Å². The molecule has 1 atom stereocenters. The van der Waals surface area contributed by atoms with Crippen molar-refractivity contribution in [2.75, 3.05) is 16.6 Å². The Kier molecular flexibility index (Phi) is 3.37. The highest BCUT2D eigenvalue weighted by Gasteiger charge is 2.31. The molecule has 110 valence electrons. The summed E-state index contributed by atoms with van der Waals surface area (Å²) in [5, 5.41) is 0. The average Bonchev–Trinajstić information content (AvgIpc) is 2.46. The molecule has 0 bridgehead atoms. The van der Waals surface area contributed by atoms with Crippen LogP contribution in [0.3, 0.4) is 0 Å². The summed E-state index contributed by atoms with van der Waals surface area (Å²) < 4.78 is 27.3. The van der Waals surface area contributed by atoms with Crippen molar-refractivity contribution in [1.82, 2.24) is 0 Å². The van der Waals surface area contributed by atoms with Gasteiger partial charge in [-0.25, -0.2) is 8.42 Å². The molecule has 2 N–H and O–H groups in total. The molecule has 0 saturated carbocycles. The quantitative estimate of drug-likeness (QED) is 0.867. The summed E-state index contributed by atoms with van der Waals surface area (Å²) in [6, 6.07) is 14.1. The molecule has 0 aromatic heterocycles. The van der Waals surface area contributed by atoms with Gasteiger partial charge in [0.05, 0.1) is 10.6 Å². The van der Waals surface area contributed by atoms with E-state index in [1.807, 2.05) is 24.3 Å². The summed E-state index contributed by atoms with van der Waals surface area (Å²) in [5.74, 6) is 0.288. The van der Waals surface area contributed by atoms with Crippen LogP contribution in [0.25, 0.3) is 0 Å². The first-order chi connectivity index (χ1) is 9.98. The fraction of sp³-hybridized carbons (Fsp3) is 0.250. The topological polar surface area (TPSA) is 63.4 Å². The van der Waals surface area contributed by atoms with Gasteiger partial charge in [0.1, 0.15) is 0 Å². The van der Waals surface area contributed by atoms with Crippen LogP contribution in [-0.2, 0) is 16.4 Å². The second kappa shape index (κ2) is 5.07. The molecule has 5 heteroatoms. The van der Waals surface area contributed by atoms with Crippen LogP contribution in [0.1, 0.15) is 12.5 Å². The standard InChI is InChI=1S/C16H18N2O2S/c1-12-9-13-5-2-3-8-16(13)18(11-12)21(19,20)15-7-4-6-14(17)10-15/h2-8,10,12H,9,11,17H2,1H3. The van der Waals surface area contributed by atoms with Crippen LogP contribution in [0.4, 0.5) is 11.4 Å². The highest BCUT2D eigenvalue weighted by molar-refractivity contribution is 7.92. The third-order valence-corrected chi connectivity index (χ3v) is 5.53. The van der Waals surface area contributed by atoms with Gasteiger partial charge in [-0.2, -0.15) is 0 Å². The molecular weight excluding hydrogens is 284 g/mol. The van der Waals surface area contributed by atoms with Crippen LogP contribution in [0.5, 0.6) is 0 Å². The number of nitrogens with two attached hydrogens (primary N) is 1. The van der Waals surface area contributed by atoms with Gasteiger partial charge in [0.15, 0.2) is 0 Å². The molecule has 1 unspecified atom stereocenters. The van der Waals surface area contributed by atoms with E-state index in [0.717, 1.165) is 17.7 Å². The normalized spacial score (nSPS) is 18.3. The zero-order valence-corrected chi connectivity index (χ0v) is 12.7. The fourth-order valence-electron chi connectivity index (χ4n) is 2.78. The zero-order valence-electron chi connectivity index (χ0n) is 11.9. The summed E-state index contributed by atoms with van der Waals surface area (Å²) in [4.78, 5) is 0.242. The monoisotopic (exact) mass is 302 g/mol. The molecule has 0 spiro atoms. The molecule has 3 rings (SSSR count). The van der Waals surface area contributed by atoms with Crippen molar-refractivity contribution in [1.29, 1.82) is 0 Å². The SMILES string of the molecule is CC1Cc2ccccc2N(S(=O)(=O)c2cccc(N)c2)C1. The molecule has 1 heterocycles. The number of rotatable bonds is 2. The molecule has 21 heavy (non-hydrogen) atoms. The lowest BCUT2D eigenvalue weighted by molar-refractivity contribution is 0.545. The number of para-hydroxylation sites is 1. The lowest BCUT2D eigenvalue weighted by Crippen LogP contribution is -2.39. The summed E-state index contributed by atoms with van der Waals surface area (Å²) in [6.45, 7) is 2.56. The maximum absolute atomic E-state index is 12.9. The van der Waals surface area contributed by atoms with Crippen molar-refractivity contribution in [3.8, 4) is 0 Å². The van der Waals surface area contributed by atoms with Gasteiger partial charge in [0, 0.05) is 12.2 Å². The molecular formula is C16H18N2O2S. The summed E-state index contributed by atoms with van der Waals surface area (Å²) >= 11 is 0. The van der Waals surface area contributed by atoms with E-state index in [9.17, 15) is 8.42 Å². The number of hydrogen-bond donors (Lipinski definition) is 1. The third-order valence-electron chi connectivity index (χ3n) is 3.75. The second-order valence-corrected chi connectivity index (χ2v) is 7.41. The van der Waals surface area contributed by atoms with E-state index < -0.39 is 10.0 Å². The number of sulfonamides is 1. The Bertz CT molecular complexity index is 771. The van der Waals surface area contributed by atoms with Crippen LogP contribution in [0, 0.1) is 5.92 Å². The first kappa shape index (κ1) is 13.9. The predicted octanol–water partition coefficient (Wildman–Crippen LogP) is 2.66. The molecule has 4 nitrogen and oxygen atoms in total. The van der Waals surface area contributed by atoms with E-state index in [0.29, 0.717) is 12.2 Å². The molecule has 0 aliphatic carbocycles. The van der Waals surface area contributed by atoms with Crippen LogP contribution in [-0.4, -0.2) is 15.0 Å². The first-order valence-electron chi connectivity index (χ1n) is 6.94. The molecule has 2 aromatic carbocycles. The largest absolute Gasteiger partial charge is 0.399 e. The van der Waals surface area contributed by atoms with Crippen molar-refractivity contribution in [3.05, 3.63) is 54.1 Å². The van der Waals surface area contributed by atoms with Crippen molar-refractivity contribution in [2.45, 2.75) is 18.2 Å². The van der Waals surface area contributed by atoms with Crippen molar-refractivity contribution < 1.29 is 8.42 Å². The number of benzene rings is 2. The highest BCUT2D eigenvalue weighted by Crippen LogP contribution is 2.34. The Labute approximate surface area is 125 Å². The number of anilines is 2. The Morgan fingerprint density at radius 1 is 1.14 bits per heavy atom. The van der Waals surface area contributed by atoms with Gasteiger partial charge in [-0.1, -0.05) is 31.2 Å². The smallest absolute Gasteiger partial charge is 0.264 e. The summed E-state index contributed by atoms with van der Waals surface area (Å²) in [7, 11) is -3.58. The van der Waals surface area contributed by atoms with Crippen LogP contribution in [0.2, 0.25) is 0 Å². The molecule has 0 fully saturated rings. The van der Waals surface area contributed by atoms with Crippen molar-refractivity contribution in [2.24, 2.45) is 5.92 Å².